The third kappa shape index (κ3) is 1.06. The molecule has 1 heteroatoms. The molecule has 0 nitrogen and oxygen atoms in total. The molecule has 1 aromatic carbocycles. The van der Waals surface area contributed by atoms with Gasteiger partial charge >= 0.3 is 70.0 Å². The van der Waals surface area contributed by atoms with Crippen molar-refractivity contribution in [2.45, 2.75) is 11.5 Å². The predicted molar refractivity (Wildman–Crippen MR) is 52.6 cm³/mol. The molecule has 1 aliphatic rings. The van der Waals surface area contributed by atoms with Crippen molar-refractivity contribution < 1.29 is 0 Å². The van der Waals surface area contributed by atoms with Gasteiger partial charge in [0.2, 0.25) is 0 Å². The molecule has 0 saturated heterocycles. The summed E-state index contributed by atoms with van der Waals surface area (Å²) in [4.78, 5) is 2.45. The molecule has 0 saturated carbocycles. The van der Waals surface area contributed by atoms with Crippen LogP contribution in [0.1, 0.15) is 5.56 Å². The Bertz CT molecular complexity index is 310. The molecule has 0 N–H and O–H groups in total. The maximum absolute atomic E-state index is 2.45. The van der Waals surface area contributed by atoms with Gasteiger partial charge in [0, 0.05) is 0 Å². The van der Waals surface area contributed by atoms with E-state index in [1.165, 1.54) is 5.56 Å². The Labute approximate surface area is 70.3 Å². The van der Waals surface area contributed by atoms with Crippen molar-refractivity contribution in [1.29, 1.82) is 0 Å². The average molecular weight is 205 g/mol. The fourth-order valence-corrected chi connectivity index (χ4v) is 6.26. The molecule has 0 spiro atoms. The van der Waals surface area contributed by atoms with Crippen LogP contribution in [0.4, 0.5) is 0 Å². The van der Waals surface area contributed by atoms with Gasteiger partial charge in [-0.3, -0.25) is 0 Å². The summed E-state index contributed by atoms with van der Waals surface area (Å²) in [6.45, 7) is 0. The van der Waals surface area contributed by atoms with Crippen LogP contribution in [0.3, 0.4) is 0 Å². The van der Waals surface area contributed by atoms with E-state index in [4.69, 9.17) is 0 Å². The van der Waals surface area contributed by atoms with E-state index in [2.05, 4.69) is 46.8 Å². The van der Waals surface area contributed by atoms with Crippen molar-refractivity contribution in [3.8, 4) is 0 Å². The van der Waals surface area contributed by atoms with E-state index in [0.29, 0.717) is 0 Å². The number of hydrogen-bond donors (Lipinski definition) is 0. The standard InChI is InChI=1S/C10H12Ge/c1-11(2)8-7-9-5-3-4-6-10(9)11/h3-8H,1-2H3. The van der Waals surface area contributed by atoms with E-state index < -0.39 is 13.3 Å². The van der Waals surface area contributed by atoms with Crippen LogP contribution >= 0.6 is 0 Å². The van der Waals surface area contributed by atoms with Crippen LogP contribution in [-0.2, 0) is 0 Å². The summed E-state index contributed by atoms with van der Waals surface area (Å²) in [5.41, 5.74) is 1.46. The molecular weight excluding hydrogens is 193 g/mol. The number of rotatable bonds is 0. The molecule has 1 heterocycles. The first kappa shape index (κ1) is 7.17. The van der Waals surface area contributed by atoms with Gasteiger partial charge < -0.3 is 0 Å². The van der Waals surface area contributed by atoms with Crippen molar-refractivity contribution in [2.24, 2.45) is 0 Å². The van der Waals surface area contributed by atoms with E-state index in [0.717, 1.165) is 0 Å². The molecule has 0 unspecified atom stereocenters. The van der Waals surface area contributed by atoms with Gasteiger partial charge in [0.05, 0.1) is 0 Å². The molecule has 11 heavy (non-hydrogen) atoms. The molecule has 2 rings (SSSR count). The topological polar surface area (TPSA) is 0 Å². The molecule has 0 amide bonds. The van der Waals surface area contributed by atoms with E-state index >= 15 is 0 Å². The van der Waals surface area contributed by atoms with Gasteiger partial charge in [-0.05, 0) is 0 Å². The fourth-order valence-electron chi connectivity index (χ4n) is 1.62. The van der Waals surface area contributed by atoms with Crippen molar-refractivity contribution in [1.82, 2.24) is 0 Å². The van der Waals surface area contributed by atoms with E-state index in [-0.39, 0.29) is 0 Å². The van der Waals surface area contributed by atoms with Gasteiger partial charge in [-0.15, -0.1) is 0 Å². The molecule has 0 atom stereocenters. The summed E-state index contributed by atoms with van der Waals surface area (Å²) in [5, 5.41) is 0. The second-order valence-corrected chi connectivity index (χ2v) is 12.7. The van der Waals surface area contributed by atoms with Gasteiger partial charge in [-0.25, -0.2) is 0 Å². The summed E-state index contributed by atoms with van der Waals surface area (Å²) >= 11 is -1.63. The van der Waals surface area contributed by atoms with Crippen molar-refractivity contribution >= 4 is 23.7 Å². The Morgan fingerprint density at radius 2 is 1.82 bits per heavy atom. The number of hydrogen-bond acceptors (Lipinski definition) is 0. The van der Waals surface area contributed by atoms with Crippen molar-refractivity contribution in [3.05, 3.63) is 34.7 Å². The molecule has 1 aromatic rings. The Hall–Kier alpha value is -0.497. The monoisotopic (exact) mass is 206 g/mol. The zero-order valence-corrected chi connectivity index (χ0v) is 9.06. The second-order valence-electron chi connectivity index (χ2n) is 3.64. The number of fused-ring (bicyclic) bond motifs is 1. The van der Waals surface area contributed by atoms with E-state index in [9.17, 15) is 0 Å². The minimum atomic E-state index is -1.63. The van der Waals surface area contributed by atoms with Crippen LogP contribution in [0.2, 0.25) is 11.5 Å². The van der Waals surface area contributed by atoms with E-state index in [1.54, 1.807) is 4.40 Å². The Balaban J connectivity index is 2.64. The molecular formula is C10H12Ge. The van der Waals surface area contributed by atoms with Crippen molar-refractivity contribution in [2.75, 3.05) is 0 Å². The second kappa shape index (κ2) is 2.24. The Morgan fingerprint density at radius 3 is 2.55 bits per heavy atom. The van der Waals surface area contributed by atoms with Crippen LogP contribution in [0.5, 0.6) is 0 Å². The molecule has 56 valence electrons. The van der Waals surface area contributed by atoms with Gasteiger partial charge in [0.15, 0.2) is 0 Å². The normalized spacial score (nSPS) is 18.4. The maximum atomic E-state index is 2.45. The zero-order valence-electron chi connectivity index (χ0n) is 6.96. The van der Waals surface area contributed by atoms with Gasteiger partial charge in [-0.1, -0.05) is 0 Å². The van der Waals surface area contributed by atoms with Crippen LogP contribution in [0, 0.1) is 0 Å². The molecule has 0 aromatic heterocycles. The summed E-state index contributed by atoms with van der Waals surface area (Å²) < 4.78 is 1.63. The molecule has 0 radical (unpaired) electrons. The Morgan fingerprint density at radius 1 is 1.09 bits per heavy atom. The van der Waals surface area contributed by atoms with E-state index in [1.807, 2.05) is 0 Å². The van der Waals surface area contributed by atoms with Gasteiger partial charge in [0.25, 0.3) is 0 Å². The SMILES string of the molecule is [CH3][Ge]1([CH3])[CH]=Cc2cccc[c]21. The minimum absolute atomic E-state index is 1.46. The van der Waals surface area contributed by atoms with Crippen LogP contribution < -0.4 is 4.40 Å². The molecule has 0 bridgehead atoms. The van der Waals surface area contributed by atoms with Crippen LogP contribution in [0.25, 0.3) is 6.08 Å². The fraction of sp³-hybridized carbons (Fsp3) is 0.200. The van der Waals surface area contributed by atoms with Gasteiger partial charge in [-0.2, -0.15) is 0 Å². The zero-order chi connectivity index (χ0) is 7.90. The summed E-state index contributed by atoms with van der Waals surface area (Å²) in [6, 6.07) is 8.77. The summed E-state index contributed by atoms with van der Waals surface area (Å²) in [5.74, 6) is 4.87. The van der Waals surface area contributed by atoms with Gasteiger partial charge in [0.1, 0.15) is 0 Å². The first-order chi connectivity index (χ1) is 5.20. The molecule has 1 aliphatic heterocycles. The predicted octanol–water partition coefficient (Wildman–Crippen LogP) is 2.17. The summed E-state index contributed by atoms with van der Waals surface area (Å²) in [7, 11) is 0. The quantitative estimate of drug-likeness (QED) is 0.569. The average Bonchev–Trinajstić information content (AvgIpc) is 2.29. The number of benzene rings is 1. The first-order valence-electron chi connectivity index (χ1n) is 3.99. The Kier molecular flexibility index (Phi) is 1.46. The van der Waals surface area contributed by atoms with Crippen LogP contribution in [-0.4, -0.2) is 13.3 Å². The molecule has 0 aliphatic carbocycles. The third-order valence-electron chi connectivity index (χ3n) is 2.33. The third-order valence-corrected chi connectivity index (χ3v) is 8.30. The first-order valence-corrected chi connectivity index (χ1v) is 10.4. The van der Waals surface area contributed by atoms with Crippen molar-refractivity contribution in [3.63, 3.8) is 0 Å². The van der Waals surface area contributed by atoms with Crippen LogP contribution in [0.15, 0.2) is 29.2 Å². The molecule has 0 fully saturated rings. The summed E-state index contributed by atoms with van der Waals surface area (Å²) in [6.07, 6.45) is 2.29.